The Kier molecular flexibility index (Phi) is 8.14. The minimum atomic E-state index is -2.88. The minimum Gasteiger partial charge on any atom is -0.393 e. The van der Waals surface area contributed by atoms with E-state index in [2.05, 4.69) is 51.9 Å². The number of hydrogen-bond donors (Lipinski definition) is 2. The number of fused-ring (bicyclic) bond motifs is 3. The molecule has 218 valence electrons. The van der Waals surface area contributed by atoms with Crippen molar-refractivity contribution in [3.63, 3.8) is 0 Å². The smallest absolute Gasteiger partial charge is 0.264 e. The third-order valence-corrected chi connectivity index (χ3v) is 8.60. The van der Waals surface area contributed by atoms with E-state index in [9.17, 15) is 18.7 Å². The standard InChI is InChI=1S/C30H42F2N6O2/c1-5-30(31,32)19-34-28-33-17-25-23-11-6-20(18-36-12-14-37(15-13-36)29(2,3)4)16-24(23)27(40)38(26(25)35-28)21-7-9-22(39)10-8-21/h6,11,16-17,21-22,39H,5,7-10,12-15,18-19H2,1-4H3,(H,33,34,35). The molecule has 1 saturated heterocycles. The van der Waals surface area contributed by atoms with Gasteiger partial charge in [0, 0.05) is 67.7 Å². The second-order valence-corrected chi connectivity index (χ2v) is 12.4. The molecule has 1 saturated carbocycles. The van der Waals surface area contributed by atoms with Crippen molar-refractivity contribution in [3.05, 3.63) is 40.3 Å². The molecule has 2 aromatic heterocycles. The second-order valence-electron chi connectivity index (χ2n) is 12.4. The molecular weight excluding hydrogens is 514 g/mol. The number of nitrogens with zero attached hydrogens (tertiary/aromatic N) is 5. The number of benzene rings is 1. The normalized spacial score (nSPS) is 21.8. The van der Waals surface area contributed by atoms with Crippen molar-refractivity contribution in [2.24, 2.45) is 0 Å². The molecule has 8 nitrogen and oxygen atoms in total. The highest BCUT2D eigenvalue weighted by Gasteiger charge is 2.29. The van der Waals surface area contributed by atoms with Gasteiger partial charge in [-0.3, -0.25) is 19.2 Å². The number of pyridine rings is 1. The fraction of sp³-hybridized carbons (Fsp3) is 0.633. The molecule has 1 aromatic carbocycles. The number of alkyl halides is 2. The average Bonchev–Trinajstić information content (AvgIpc) is 2.93. The van der Waals surface area contributed by atoms with Crippen LogP contribution in [0.4, 0.5) is 14.7 Å². The van der Waals surface area contributed by atoms with Gasteiger partial charge >= 0.3 is 0 Å². The zero-order valence-electron chi connectivity index (χ0n) is 24.1. The lowest BCUT2D eigenvalue weighted by molar-refractivity contribution is 0.0114. The van der Waals surface area contributed by atoms with Crippen molar-refractivity contribution in [2.75, 3.05) is 38.0 Å². The van der Waals surface area contributed by atoms with Crippen LogP contribution in [-0.4, -0.2) is 79.7 Å². The van der Waals surface area contributed by atoms with Gasteiger partial charge in [-0.05, 0) is 63.5 Å². The van der Waals surface area contributed by atoms with Crippen LogP contribution in [0.2, 0.25) is 0 Å². The van der Waals surface area contributed by atoms with Crippen molar-refractivity contribution in [1.82, 2.24) is 24.3 Å². The monoisotopic (exact) mass is 556 g/mol. The Bertz CT molecular complexity index is 1400. The van der Waals surface area contributed by atoms with Crippen molar-refractivity contribution in [1.29, 1.82) is 0 Å². The number of hydrogen-bond acceptors (Lipinski definition) is 7. The van der Waals surface area contributed by atoms with E-state index in [0.29, 0.717) is 36.7 Å². The molecule has 40 heavy (non-hydrogen) atoms. The SMILES string of the molecule is CCC(F)(F)CNc1ncc2c3ccc(CN4CCN(C(C)(C)C)CC4)cc3c(=O)n(C3CCC(O)CC3)c2n1. The summed E-state index contributed by atoms with van der Waals surface area (Å²) in [6, 6.07) is 5.90. The Morgan fingerprint density at radius 3 is 2.38 bits per heavy atom. The maximum absolute atomic E-state index is 14.1. The maximum atomic E-state index is 14.1. The van der Waals surface area contributed by atoms with Crippen LogP contribution in [0.3, 0.4) is 0 Å². The van der Waals surface area contributed by atoms with Gasteiger partial charge in [-0.2, -0.15) is 4.98 Å². The molecule has 2 aliphatic rings. The van der Waals surface area contributed by atoms with Gasteiger partial charge in [0.2, 0.25) is 5.95 Å². The van der Waals surface area contributed by atoms with Gasteiger partial charge in [-0.15, -0.1) is 0 Å². The molecule has 2 fully saturated rings. The lowest BCUT2D eigenvalue weighted by Crippen LogP contribution is -2.53. The van der Waals surface area contributed by atoms with Crippen molar-refractivity contribution in [2.45, 2.75) is 90.0 Å². The van der Waals surface area contributed by atoms with Gasteiger partial charge in [-0.25, -0.2) is 13.8 Å². The lowest BCUT2D eigenvalue weighted by atomic mass is 9.92. The maximum Gasteiger partial charge on any atom is 0.264 e. The van der Waals surface area contributed by atoms with Crippen molar-refractivity contribution in [3.8, 4) is 0 Å². The van der Waals surface area contributed by atoms with Gasteiger partial charge in [0.15, 0.2) is 0 Å². The van der Waals surface area contributed by atoms with Gasteiger partial charge in [0.05, 0.1) is 12.6 Å². The summed E-state index contributed by atoms with van der Waals surface area (Å²) in [6.45, 7) is 12.4. The van der Waals surface area contributed by atoms with E-state index in [1.165, 1.54) is 6.92 Å². The minimum absolute atomic E-state index is 0.0787. The summed E-state index contributed by atoms with van der Waals surface area (Å²) >= 11 is 0. The summed E-state index contributed by atoms with van der Waals surface area (Å²) in [5, 5.41) is 14.9. The molecule has 0 atom stereocenters. The molecule has 0 amide bonds. The number of aliphatic hydroxyl groups excluding tert-OH is 1. The van der Waals surface area contributed by atoms with E-state index in [1.807, 2.05) is 12.1 Å². The zero-order valence-corrected chi connectivity index (χ0v) is 24.1. The highest BCUT2D eigenvalue weighted by atomic mass is 19.3. The number of rotatable bonds is 7. The molecule has 5 rings (SSSR count). The third kappa shape index (κ3) is 6.14. The molecule has 1 aliphatic carbocycles. The highest BCUT2D eigenvalue weighted by Crippen LogP contribution is 2.32. The molecule has 2 N–H and O–H groups in total. The van der Waals surface area contributed by atoms with Crippen LogP contribution < -0.4 is 10.9 Å². The van der Waals surface area contributed by atoms with E-state index in [4.69, 9.17) is 0 Å². The number of halogens is 2. The van der Waals surface area contributed by atoms with Crippen LogP contribution in [0, 0.1) is 0 Å². The quantitative estimate of drug-likeness (QED) is 0.405. The molecular formula is C30H42F2N6O2. The van der Waals surface area contributed by atoms with E-state index >= 15 is 0 Å². The first-order valence-electron chi connectivity index (χ1n) is 14.6. The van der Waals surface area contributed by atoms with Crippen LogP contribution in [0.25, 0.3) is 21.8 Å². The third-order valence-electron chi connectivity index (χ3n) is 8.60. The molecule has 0 spiro atoms. The van der Waals surface area contributed by atoms with Crippen LogP contribution in [0.1, 0.15) is 71.4 Å². The fourth-order valence-corrected chi connectivity index (χ4v) is 5.98. The molecule has 0 unspecified atom stereocenters. The van der Waals surface area contributed by atoms with E-state index in [-0.39, 0.29) is 35.6 Å². The number of aromatic nitrogens is 3. The summed E-state index contributed by atoms with van der Waals surface area (Å²) in [4.78, 5) is 27.9. The summed E-state index contributed by atoms with van der Waals surface area (Å²) in [6.07, 6.45) is 3.50. The second kappa shape index (κ2) is 11.3. The van der Waals surface area contributed by atoms with Crippen LogP contribution in [0.5, 0.6) is 0 Å². The number of aliphatic hydroxyl groups is 1. The van der Waals surface area contributed by atoms with Crippen LogP contribution in [0.15, 0.2) is 29.2 Å². The predicted molar refractivity (Wildman–Crippen MR) is 155 cm³/mol. The topological polar surface area (TPSA) is 86.5 Å². The van der Waals surface area contributed by atoms with Gasteiger partial charge in [0.1, 0.15) is 5.65 Å². The highest BCUT2D eigenvalue weighted by molar-refractivity contribution is 6.04. The molecule has 1 aliphatic heterocycles. The number of piperazine rings is 1. The Hall–Kier alpha value is -2.69. The van der Waals surface area contributed by atoms with E-state index < -0.39 is 12.5 Å². The average molecular weight is 557 g/mol. The van der Waals surface area contributed by atoms with E-state index in [1.54, 1.807) is 10.8 Å². The van der Waals surface area contributed by atoms with Crippen LogP contribution in [-0.2, 0) is 6.54 Å². The van der Waals surface area contributed by atoms with Crippen LogP contribution >= 0.6 is 0 Å². The van der Waals surface area contributed by atoms with E-state index in [0.717, 1.165) is 49.1 Å². The molecule has 0 bridgehead atoms. The lowest BCUT2D eigenvalue weighted by Gasteiger charge is -2.42. The molecule has 3 heterocycles. The Balaban J connectivity index is 1.51. The summed E-state index contributed by atoms with van der Waals surface area (Å²) in [5.41, 5.74) is 1.55. The Morgan fingerprint density at radius 1 is 1.02 bits per heavy atom. The summed E-state index contributed by atoms with van der Waals surface area (Å²) < 4.78 is 29.5. The van der Waals surface area contributed by atoms with Crippen molar-refractivity contribution < 1.29 is 13.9 Å². The summed E-state index contributed by atoms with van der Waals surface area (Å²) in [5.74, 6) is -2.80. The Morgan fingerprint density at radius 2 is 1.73 bits per heavy atom. The predicted octanol–water partition coefficient (Wildman–Crippen LogP) is 4.79. The molecule has 3 aromatic rings. The largest absolute Gasteiger partial charge is 0.393 e. The van der Waals surface area contributed by atoms with Crippen molar-refractivity contribution >= 4 is 27.8 Å². The first kappa shape index (κ1) is 28.8. The first-order chi connectivity index (χ1) is 18.9. The zero-order chi connectivity index (χ0) is 28.7. The Labute approximate surface area is 234 Å². The van der Waals surface area contributed by atoms with Gasteiger partial charge < -0.3 is 10.4 Å². The number of anilines is 1. The first-order valence-corrected chi connectivity index (χ1v) is 14.6. The summed E-state index contributed by atoms with van der Waals surface area (Å²) in [7, 11) is 0. The van der Waals surface area contributed by atoms with Gasteiger partial charge in [0.25, 0.3) is 11.5 Å². The van der Waals surface area contributed by atoms with Gasteiger partial charge in [-0.1, -0.05) is 19.1 Å². The molecule has 0 radical (unpaired) electrons. The fourth-order valence-electron chi connectivity index (χ4n) is 5.98. The molecule has 10 heteroatoms. The number of nitrogens with one attached hydrogen (secondary N) is 1.